The first kappa shape index (κ1) is 19.4. The summed E-state index contributed by atoms with van der Waals surface area (Å²) in [7, 11) is 1.52. The average Bonchev–Trinajstić information content (AvgIpc) is 2.43. The highest BCUT2D eigenvalue weighted by Crippen LogP contribution is 2.27. The molecule has 0 aliphatic carbocycles. The van der Waals surface area contributed by atoms with Crippen LogP contribution in [0.15, 0.2) is 18.2 Å². The monoisotopic (exact) mass is 328 g/mol. The van der Waals surface area contributed by atoms with Crippen LogP contribution in [0.5, 0.6) is 5.75 Å². The van der Waals surface area contributed by atoms with E-state index >= 15 is 0 Å². The third kappa shape index (κ3) is 4.45. The lowest BCUT2D eigenvalue weighted by atomic mass is 10.0. The van der Waals surface area contributed by atoms with Crippen LogP contribution in [0.2, 0.25) is 0 Å². The van der Waals surface area contributed by atoms with E-state index < -0.39 is 12.7 Å². The van der Waals surface area contributed by atoms with Gasteiger partial charge < -0.3 is 10.1 Å². The van der Waals surface area contributed by atoms with Gasteiger partial charge in [0.2, 0.25) is 0 Å². The number of benzene rings is 1. The zero-order chi connectivity index (χ0) is 13.0. The number of alkyl halides is 1. The fourth-order valence-corrected chi connectivity index (χ4v) is 2.28. The van der Waals surface area contributed by atoms with Crippen LogP contribution in [0.25, 0.3) is 0 Å². The van der Waals surface area contributed by atoms with Gasteiger partial charge in [-0.1, -0.05) is 0 Å². The normalized spacial score (nSPS) is 16.8. The first-order chi connectivity index (χ1) is 8.76. The maximum atomic E-state index is 13.8. The first-order valence-corrected chi connectivity index (χ1v) is 6.10. The van der Waals surface area contributed by atoms with Crippen molar-refractivity contribution in [3.63, 3.8) is 0 Å². The molecule has 1 saturated heterocycles. The summed E-state index contributed by atoms with van der Waals surface area (Å²) in [5.74, 6) is 0.178. The van der Waals surface area contributed by atoms with Crippen molar-refractivity contribution < 1.29 is 13.5 Å². The van der Waals surface area contributed by atoms with Crippen LogP contribution in [0.4, 0.5) is 8.78 Å². The number of hydrogen-bond donors (Lipinski definition) is 1. The third-order valence-corrected chi connectivity index (χ3v) is 3.30. The largest absolute Gasteiger partial charge is 0.497 e. The van der Waals surface area contributed by atoms with Gasteiger partial charge >= 0.3 is 0 Å². The molecule has 2 rings (SSSR count). The molecular weight excluding hydrogens is 309 g/mol. The minimum atomic E-state index is -0.593. The van der Waals surface area contributed by atoms with Gasteiger partial charge in [-0.05, 0) is 18.2 Å². The molecule has 116 valence electrons. The predicted molar refractivity (Wildman–Crippen MR) is 80.6 cm³/mol. The lowest BCUT2D eigenvalue weighted by Crippen LogP contribution is -2.45. The SMILES string of the molecule is COc1ccc(F)c([C@H](CF)N2CCNCC2)c1.Cl.Cl. The minimum Gasteiger partial charge on any atom is -0.497 e. The molecule has 1 heterocycles. The van der Waals surface area contributed by atoms with Gasteiger partial charge in [-0.3, -0.25) is 4.90 Å². The average molecular weight is 329 g/mol. The fraction of sp³-hybridized carbons (Fsp3) is 0.538. The number of ether oxygens (including phenoxy) is 1. The molecule has 20 heavy (non-hydrogen) atoms. The molecule has 0 aromatic heterocycles. The summed E-state index contributed by atoms with van der Waals surface area (Å²) < 4.78 is 32.2. The smallest absolute Gasteiger partial charge is 0.128 e. The Kier molecular flexibility index (Phi) is 9.05. The van der Waals surface area contributed by atoms with Crippen LogP contribution in [-0.4, -0.2) is 44.9 Å². The third-order valence-electron chi connectivity index (χ3n) is 3.30. The Bertz CT molecular complexity index is 404. The Morgan fingerprint density at radius 3 is 2.50 bits per heavy atom. The van der Waals surface area contributed by atoms with Gasteiger partial charge in [-0.2, -0.15) is 0 Å². The molecule has 0 spiro atoms. The highest BCUT2D eigenvalue weighted by atomic mass is 35.5. The standard InChI is InChI=1S/C13H18F2N2O.2ClH/c1-18-10-2-3-12(15)11(8-10)13(9-14)17-6-4-16-5-7-17;;/h2-3,8,13,16H,4-7,9H2,1H3;2*1H/t13-;;/m0../s1. The van der Waals surface area contributed by atoms with Gasteiger partial charge in [0.25, 0.3) is 0 Å². The van der Waals surface area contributed by atoms with Crippen molar-refractivity contribution in [2.75, 3.05) is 40.0 Å². The lowest BCUT2D eigenvalue weighted by molar-refractivity contribution is 0.144. The first-order valence-electron chi connectivity index (χ1n) is 6.10. The Labute approximate surface area is 130 Å². The summed E-state index contributed by atoms with van der Waals surface area (Å²) in [4.78, 5) is 1.97. The number of piperazine rings is 1. The van der Waals surface area contributed by atoms with E-state index in [0.717, 1.165) is 26.2 Å². The van der Waals surface area contributed by atoms with E-state index in [1.807, 2.05) is 4.90 Å². The topological polar surface area (TPSA) is 24.5 Å². The summed E-state index contributed by atoms with van der Waals surface area (Å²) in [6.45, 7) is 2.48. The van der Waals surface area contributed by atoms with E-state index in [4.69, 9.17) is 4.74 Å². The van der Waals surface area contributed by atoms with Crippen molar-refractivity contribution in [1.29, 1.82) is 0 Å². The Morgan fingerprint density at radius 2 is 1.95 bits per heavy atom. The van der Waals surface area contributed by atoms with E-state index in [2.05, 4.69) is 5.32 Å². The predicted octanol–water partition coefficient (Wildman–Crippen LogP) is 2.59. The van der Waals surface area contributed by atoms with Gasteiger partial charge in [0.05, 0.1) is 13.2 Å². The maximum Gasteiger partial charge on any atom is 0.128 e. The van der Waals surface area contributed by atoms with Gasteiger partial charge in [-0.15, -0.1) is 24.8 Å². The van der Waals surface area contributed by atoms with Crippen LogP contribution < -0.4 is 10.1 Å². The molecule has 1 aliphatic heterocycles. The van der Waals surface area contributed by atoms with E-state index in [9.17, 15) is 8.78 Å². The summed E-state index contributed by atoms with van der Waals surface area (Å²) in [5, 5.41) is 3.20. The van der Waals surface area contributed by atoms with E-state index in [0.29, 0.717) is 11.3 Å². The van der Waals surface area contributed by atoms with Crippen LogP contribution in [0, 0.1) is 5.82 Å². The molecule has 0 radical (unpaired) electrons. The summed E-state index contributed by atoms with van der Waals surface area (Å²) >= 11 is 0. The maximum absolute atomic E-state index is 13.8. The molecule has 1 aliphatic rings. The van der Waals surface area contributed by atoms with Crippen LogP contribution in [0.3, 0.4) is 0 Å². The van der Waals surface area contributed by atoms with E-state index in [1.165, 1.54) is 13.2 Å². The molecule has 1 aromatic carbocycles. The number of nitrogens with zero attached hydrogens (tertiary/aromatic N) is 1. The zero-order valence-corrected chi connectivity index (χ0v) is 12.9. The highest BCUT2D eigenvalue weighted by molar-refractivity contribution is 5.85. The van der Waals surface area contributed by atoms with Gasteiger partial charge in [-0.25, -0.2) is 8.78 Å². The van der Waals surface area contributed by atoms with Crippen molar-refractivity contribution in [2.45, 2.75) is 6.04 Å². The molecule has 1 fully saturated rings. The van der Waals surface area contributed by atoms with E-state index in [-0.39, 0.29) is 30.6 Å². The van der Waals surface area contributed by atoms with Crippen molar-refractivity contribution in [1.82, 2.24) is 10.2 Å². The van der Waals surface area contributed by atoms with Gasteiger partial charge in [0, 0.05) is 31.7 Å². The summed E-state index contributed by atoms with van der Waals surface area (Å²) in [5.41, 5.74) is 0.374. The summed E-state index contributed by atoms with van der Waals surface area (Å²) in [6, 6.07) is 3.94. The molecular formula is C13H20Cl2F2N2O. The number of nitrogens with one attached hydrogen (secondary N) is 1. The van der Waals surface area contributed by atoms with E-state index in [1.54, 1.807) is 12.1 Å². The second-order valence-corrected chi connectivity index (χ2v) is 4.34. The number of methoxy groups -OCH3 is 1. The van der Waals surface area contributed by atoms with Gasteiger partial charge in [0.1, 0.15) is 18.2 Å². The molecule has 3 nitrogen and oxygen atoms in total. The summed E-state index contributed by atoms with van der Waals surface area (Å²) in [6.07, 6.45) is 0. The Balaban J connectivity index is 0.00000180. The van der Waals surface area contributed by atoms with Crippen molar-refractivity contribution >= 4 is 24.8 Å². The zero-order valence-electron chi connectivity index (χ0n) is 11.3. The Morgan fingerprint density at radius 1 is 1.30 bits per heavy atom. The second-order valence-electron chi connectivity index (χ2n) is 4.34. The minimum absolute atomic E-state index is 0. The number of hydrogen-bond acceptors (Lipinski definition) is 3. The molecule has 1 N–H and O–H groups in total. The van der Waals surface area contributed by atoms with Crippen molar-refractivity contribution in [2.24, 2.45) is 0 Å². The molecule has 1 atom stereocenters. The quantitative estimate of drug-likeness (QED) is 0.919. The fourth-order valence-electron chi connectivity index (χ4n) is 2.28. The Hall–Kier alpha value is -0.620. The molecule has 0 amide bonds. The lowest BCUT2D eigenvalue weighted by Gasteiger charge is -2.33. The molecule has 1 aromatic rings. The van der Waals surface area contributed by atoms with Crippen LogP contribution >= 0.6 is 24.8 Å². The van der Waals surface area contributed by atoms with Gasteiger partial charge in [0.15, 0.2) is 0 Å². The second kappa shape index (κ2) is 9.34. The van der Waals surface area contributed by atoms with Crippen molar-refractivity contribution in [3.05, 3.63) is 29.6 Å². The van der Waals surface area contributed by atoms with Crippen molar-refractivity contribution in [3.8, 4) is 5.75 Å². The highest BCUT2D eigenvalue weighted by Gasteiger charge is 2.24. The number of rotatable bonds is 4. The molecule has 7 heteroatoms. The van der Waals surface area contributed by atoms with Crippen LogP contribution in [-0.2, 0) is 0 Å². The number of halogens is 4. The molecule has 0 bridgehead atoms. The van der Waals surface area contributed by atoms with Crippen LogP contribution in [0.1, 0.15) is 11.6 Å². The molecule has 0 unspecified atom stereocenters. The molecule has 0 saturated carbocycles.